The van der Waals surface area contributed by atoms with Crippen molar-refractivity contribution < 1.29 is 18.3 Å². The highest BCUT2D eigenvalue weighted by molar-refractivity contribution is 6.10. The maximum atomic E-state index is 13.9. The monoisotopic (exact) mass is 441 g/mol. The van der Waals surface area contributed by atoms with Crippen LogP contribution in [0, 0.1) is 12.7 Å². The molecule has 4 aromatic rings. The van der Waals surface area contributed by atoms with Gasteiger partial charge in [-0.15, -0.1) is 0 Å². The number of aryl methyl sites for hydroxylation is 1. The number of hydrogen-bond acceptors (Lipinski definition) is 4. The van der Waals surface area contributed by atoms with Gasteiger partial charge in [-0.1, -0.05) is 42.5 Å². The number of ether oxygens (including phenoxy) is 1. The first-order valence-electron chi connectivity index (χ1n) is 10.5. The lowest BCUT2D eigenvalue weighted by molar-refractivity contribution is 0.0971. The molecule has 0 N–H and O–H groups in total. The number of benzene rings is 3. The van der Waals surface area contributed by atoms with Crippen molar-refractivity contribution in [3.63, 3.8) is 0 Å². The van der Waals surface area contributed by atoms with Gasteiger partial charge in [0.2, 0.25) is 5.76 Å². The number of fused-ring (bicyclic) bond motifs is 2. The Labute approximate surface area is 189 Å². The number of anilines is 1. The zero-order valence-corrected chi connectivity index (χ0v) is 17.9. The van der Waals surface area contributed by atoms with Crippen LogP contribution in [0.4, 0.5) is 10.1 Å². The minimum atomic E-state index is -0.758. The van der Waals surface area contributed by atoms with Crippen LogP contribution in [0.5, 0.6) is 5.75 Å². The Balaban J connectivity index is 1.76. The van der Waals surface area contributed by atoms with E-state index in [4.69, 9.17) is 9.15 Å². The zero-order valence-electron chi connectivity index (χ0n) is 17.9. The highest BCUT2D eigenvalue weighted by Crippen LogP contribution is 2.42. The van der Waals surface area contributed by atoms with E-state index in [1.54, 1.807) is 24.3 Å². The number of hydrogen-bond donors (Lipinski definition) is 0. The predicted octanol–water partition coefficient (Wildman–Crippen LogP) is 5.56. The average molecular weight is 441 g/mol. The Kier molecular flexibility index (Phi) is 5.05. The fourth-order valence-electron chi connectivity index (χ4n) is 4.16. The summed E-state index contributed by atoms with van der Waals surface area (Å²) in [5.41, 5.74) is 2.24. The molecule has 0 bridgehead atoms. The Morgan fingerprint density at radius 3 is 2.64 bits per heavy atom. The highest BCUT2D eigenvalue weighted by Gasteiger charge is 2.43. The molecule has 0 fully saturated rings. The molecular weight excluding hydrogens is 421 g/mol. The Hall–Kier alpha value is -4.19. The Morgan fingerprint density at radius 1 is 1.09 bits per heavy atom. The second-order valence-electron chi connectivity index (χ2n) is 7.90. The normalized spacial score (nSPS) is 15.0. The second-order valence-corrected chi connectivity index (χ2v) is 7.90. The van der Waals surface area contributed by atoms with Gasteiger partial charge in [0, 0.05) is 5.69 Å². The third kappa shape index (κ3) is 3.49. The molecule has 5 nitrogen and oxygen atoms in total. The second kappa shape index (κ2) is 8.06. The predicted molar refractivity (Wildman–Crippen MR) is 124 cm³/mol. The fourth-order valence-corrected chi connectivity index (χ4v) is 4.16. The molecule has 0 spiro atoms. The smallest absolute Gasteiger partial charge is 0.295 e. The first-order chi connectivity index (χ1) is 16.0. The zero-order chi connectivity index (χ0) is 23.1. The van der Waals surface area contributed by atoms with E-state index in [9.17, 15) is 14.0 Å². The van der Waals surface area contributed by atoms with E-state index in [-0.39, 0.29) is 22.3 Å². The molecule has 1 atom stereocenters. The number of halogens is 1. The quantitative estimate of drug-likeness (QED) is 0.381. The van der Waals surface area contributed by atoms with Crippen LogP contribution in [0.3, 0.4) is 0 Å². The van der Waals surface area contributed by atoms with Gasteiger partial charge in [0.15, 0.2) is 5.43 Å². The number of carbonyl (C=O) groups is 1. The lowest BCUT2D eigenvalue weighted by Crippen LogP contribution is -2.29. The largest absolute Gasteiger partial charge is 0.490 e. The summed E-state index contributed by atoms with van der Waals surface area (Å²) in [5.74, 6) is -0.444. The van der Waals surface area contributed by atoms with Gasteiger partial charge in [-0.05, 0) is 55.0 Å². The first-order valence-corrected chi connectivity index (χ1v) is 10.5. The van der Waals surface area contributed by atoms with Gasteiger partial charge in [0.05, 0.1) is 17.0 Å². The molecule has 3 aromatic carbocycles. The minimum Gasteiger partial charge on any atom is -0.490 e. The van der Waals surface area contributed by atoms with Gasteiger partial charge < -0.3 is 9.15 Å². The molecule has 1 aliphatic heterocycles. The number of nitrogens with zero attached hydrogens (tertiary/aromatic N) is 1. The maximum Gasteiger partial charge on any atom is 0.295 e. The summed E-state index contributed by atoms with van der Waals surface area (Å²) in [6.45, 7) is 5.93. The van der Waals surface area contributed by atoms with Crippen LogP contribution in [0.15, 0.2) is 88.6 Å². The fraction of sp³-hybridized carbons (Fsp3) is 0.111. The van der Waals surface area contributed by atoms with Crippen LogP contribution in [-0.2, 0) is 0 Å². The van der Waals surface area contributed by atoms with E-state index in [2.05, 4.69) is 6.58 Å². The average Bonchev–Trinajstić information content (AvgIpc) is 3.11. The summed E-state index contributed by atoms with van der Waals surface area (Å²) in [6, 6.07) is 17.6. The van der Waals surface area contributed by atoms with E-state index >= 15 is 0 Å². The van der Waals surface area contributed by atoms with Crippen molar-refractivity contribution in [2.45, 2.75) is 13.0 Å². The third-order valence-corrected chi connectivity index (χ3v) is 5.69. The van der Waals surface area contributed by atoms with Crippen molar-refractivity contribution in [1.82, 2.24) is 0 Å². The minimum absolute atomic E-state index is 0.0397. The lowest BCUT2D eigenvalue weighted by Gasteiger charge is -2.25. The first kappa shape index (κ1) is 20.7. The van der Waals surface area contributed by atoms with E-state index < -0.39 is 23.2 Å². The molecular formula is C27H20FNO4. The van der Waals surface area contributed by atoms with Gasteiger partial charge in [0.1, 0.15) is 23.8 Å². The molecule has 0 saturated heterocycles. The van der Waals surface area contributed by atoms with Crippen molar-refractivity contribution in [3.05, 3.63) is 118 Å². The molecule has 1 aromatic heterocycles. The van der Waals surface area contributed by atoms with Gasteiger partial charge in [-0.2, -0.15) is 0 Å². The Morgan fingerprint density at radius 2 is 1.88 bits per heavy atom. The van der Waals surface area contributed by atoms with Crippen LogP contribution in [0.2, 0.25) is 0 Å². The molecule has 33 heavy (non-hydrogen) atoms. The molecule has 1 amide bonds. The topological polar surface area (TPSA) is 59.8 Å². The standard InChI is InChI=1S/C27H20FNO4/c1-3-13-32-20-6-4-5-17(14-20)24-23-25(30)21-15-18(28)9-12-22(21)33-26(23)27(31)29(24)19-10-7-16(2)8-11-19/h3-12,14-15,24H,1,13H2,2H3. The molecule has 2 heterocycles. The SMILES string of the molecule is C=CCOc1cccc(C2c3c(oc4ccc(F)cc4c3=O)C(=O)N2c2ccc(C)cc2)c1. The lowest BCUT2D eigenvalue weighted by atomic mass is 9.98. The molecule has 0 saturated carbocycles. The summed E-state index contributed by atoms with van der Waals surface area (Å²) in [6.07, 6.45) is 1.63. The molecule has 1 aliphatic rings. The summed E-state index contributed by atoms with van der Waals surface area (Å²) in [5, 5.41) is 0.0939. The summed E-state index contributed by atoms with van der Waals surface area (Å²) < 4.78 is 25.5. The number of rotatable bonds is 5. The summed E-state index contributed by atoms with van der Waals surface area (Å²) >= 11 is 0. The molecule has 164 valence electrons. The molecule has 5 rings (SSSR count). The molecule has 0 radical (unpaired) electrons. The van der Waals surface area contributed by atoms with Gasteiger partial charge in [0.25, 0.3) is 5.91 Å². The molecule has 0 aliphatic carbocycles. The Bertz CT molecular complexity index is 1460. The van der Waals surface area contributed by atoms with Crippen LogP contribution in [-0.4, -0.2) is 12.5 Å². The van der Waals surface area contributed by atoms with E-state index in [0.717, 1.165) is 11.6 Å². The van der Waals surface area contributed by atoms with Crippen LogP contribution in [0.25, 0.3) is 11.0 Å². The van der Waals surface area contributed by atoms with Crippen molar-refractivity contribution in [1.29, 1.82) is 0 Å². The maximum absolute atomic E-state index is 13.9. The van der Waals surface area contributed by atoms with E-state index in [0.29, 0.717) is 23.6 Å². The van der Waals surface area contributed by atoms with Gasteiger partial charge in [-0.25, -0.2) is 4.39 Å². The van der Waals surface area contributed by atoms with E-state index in [1.165, 1.54) is 17.0 Å². The van der Waals surface area contributed by atoms with E-state index in [1.807, 2.05) is 37.3 Å². The number of carbonyl (C=O) groups excluding carboxylic acids is 1. The van der Waals surface area contributed by atoms with Crippen LogP contribution in [0.1, 0.15) is 33.3 Å². The molecule has 6 heteroatoms. The van der Waals surface area contributed by atoms with Crippen molar-refractivity contribution in [2.24, 2.45) is 0 Å². The third-order valence-electron chi connectivity index (χ3n) is 5.69. The summed E-state index contributed by atoms with van der Waals surface area (Å²) in [7, 11) is 0. The highest BCUT2D eigenvalue weighted by atomic mass is 19.1. The van der Waals surface area contributed by atoms with Crippen LogP contribution < -0.4 is 15.1 Å². The van der Waals surface area contributed by atoms with Crippen molar-refractivity contribution in [3.8, 4) is 5.75 Å². The van der Waals surface area contributed by atoms with Gasteiger partial charge in [-0.3, -0.25) is 14.5 Å². The molecule has 1 unspecified atom stereocenters. The van der Waals surface area contributed by atoms with Crippen molar-refractivity contribution >= 4 is 22.6 Å². The number of amides is 1. The van der Waals surface area contributed by atoms with Crippen LogP contribution >= 0.6 is 0 Å². The van der Waals surface area contributed by atoms with Gasteiger partial charge >= 0.3 is 0 Å². The van der Waals surface area contributed by atoms with Crippen molar-refractivity contribution in [2.75, 3.05) is 11.5 Å². The summed E-state index contributed by atoms with van der Waals surface area (Å²) in [4.78, 5) is 28.6.